The zero-order chi connectivity index (χ0) is 14.2. The lowest BCUT2D eigenvalue weighted by molar-refractivity contribution is 0.801. The van der Waals surface area contributed by atoms with Gasteiger partial charge in [-0.2, -0.15) is 0 Å². The van der Waals surface area contributed by atoms with Gasteiger partial charge in [0, 0.05) is 31.0 Å². The predicted octanol–water partition coefficient (Wildman–Crippen LogP) is 2.32. The normalized spacial score (nSPS) is 15.5. The predicted molar refractivity (Wildman–Crippen MR) is 86.0 cm³/mol. The first-order valence-corrected chi connectivity index (χ1v) is 7.46. The highest BCUT2D eigenvalue weighted by Gasteiger charge is 2.11. The highest BCUT2D eigenvalue weighted by atomic mass is 15.3. The molecule has 1 heterocycles. The molecule has 1 fully saturated rings. The van der Waals surface area contributed by atoms with Crippen LogP contribution in [0.4, 0.5) is 11.4 Å². The largest absolute Gasteiger partial charge is 0.372 e. The quantitative estimate of drug-likeness (QED) is 0.254. The Morgan fingerprint density at radius 1 is 1.25 bits per heavy atom. The summed E-state index contributed by atoms with van der Waals surface area (Å²) in [7, 11) is 0. The van der Waals surface area contributed by atoms with Crippen LogP contribution in [-0.2, 0) is 0 Å². The first kappa shape index (κ1) is 14.7. The van der Waals surface area contributed by atoms with Crippen molar-refractivity contribution in [2.75, 3.05) is 29.9 Å². The van der Waals surface area contributed by atoms with E-state index in [1.165, 1.54) is 31.6 Å². The Morgan fingerprint density at radius 3 is 2.55 bits per heavy atom. The van der Waals surface area contributed by atoms with E-state index in [4.69, 9.17) is 5.84 Å². The lowest BCUT2D eigenvalue weighted by Gasteiger charge is -2.18. The summed E-state index contributed by atoms with van der Waals surface area (Å²) in [4.78, 5) is 6.80. The smallest absolute Gasteiger partial charge is 0.210 e. The summed E-state index contributed by atoms with van der Waals surface area (Å²) in [5, 5.41) is 3.20. The monoisotopic (exact) mass is 275 g/mol. The Hall–Kier alpha value is -1.75. The van der Waals surface area contributed by atoms with Crippen LogP contribution in [-0.4, -0.2) is 25.6 Å². The molecule has 1 aliphatic heterocycles. The van der Waals surface area contributed by atoms with Crippen LogP contribution in [0.15, 0.2) is 29.3 Å². The second kappa shape index (κ2) is 7.75. The van der Waals surface area contributed by atoms with Crippen LogP contribution in [0.3, 0.4) is 0 Å². The average Bonchev–Trinajstić information content (AvgIpc) is 3.01. The first-order valence-electron chi connectivity index (χ1n) is 7.46. The van der Waals surface area contributed by atoms with Crippen LogP contribution in [0.25, 0.3) is 0 Å². The summed E-state index contributed by atoms with van der Waals surface area (Å²) in [5.74, 6) is 6.10. The van der Waals surface area contributed by atoms with Crippen molar-refractivity contribution in [3.8, 4) is 0 Å². The van der Waals surface area contributed by atoms with Crippen LogP contribution in [0.1, 0.15) is 32.6 Å². The minimum Gasteiger partial charge on any atom is -0.372 e. The molecule has 0 atom stereocenters. The van der Waals surface area contributed by atoms with Gasteiger partial charge < -0.3 is 10.2 Å². The van der Waals surface area contributed by atoms with Crippen molar-refractivity contribution in [3.63, 3.8) is 0 Å². The Bertz CT molecular complexity index is 420. The van der Waals surface area contributed by atoms with E-state index in [2.05, 4.69) is 51.8 Å². The van der Waals surface area contributed by atoms with Crippen LogP contribution in [0, 0.1) is 0 Å². The highest BCUT2D eigenvalue weighted by molar-refractivity contribution is 5.93. The van der Waals surface area contributed by atoms with Crippen molar-refractivity contribution in [3.05, 3.63) is 24.3 Å². The number of benzene rings is 1. The fourth-order valence-electron chi connectivity index (χ4n) is 2.34. The van der Waals surface area contributed by atoms with Gasteiger partial charge in [0.25, 0.3) is 0 Å². The number of unbranched alkanes of at least 4 members (excludes halogenated alkanes) is 1. The standard InChI is InChI=1S/C15H25N5/c1-2-3-10-17-15(19-16)18-13-6-8-14(9-7-13)20-11-4-5-12-20/h6-9H,2-5,10-12,16H2,1H3,(H2,17,18,19). The molecule has 5 heteroatoms. The molecule has 0 aromatic heterocycles. The minimum absolute atomic E-state index is 0.618. The Kier molecular flexibility index (Phi) is 5.68. The summed E-state index contributed by atoms with van der Waals surface area (Å²) in [5.41, 5.74) is 4.90. The van der Waals surface area contributed by atoms with Gasteiger partial charge in [-0.1, -0.05) is 13.3 Å². The molecule has 0 spiro atoms. The van der Waals surface area contributed by atoms with Gasteiger partial charge in [-0.25, -0.2) is 5.84 Å². The molecule has 110 valence electrons. The van der Waals surface area contributed by atoms with Crippen molar-refractivity contribution >= 4 is 17.3 Å². The molecule has 1 aliphatic rings. The van der Waals surface area contributed by atoms with E-state index in [1.54, 1.807) is 0 Å². The van der Waals surface area contributed by atoms with E-state index in [0.29, 0.717) is 5.96 Å². The number of nitrogens with one attached hydrogen (secondary N) is 2. The average molecular weight is 275 g/mol. The lowest BCUT2D eigenvalue weighted by atomic mass is 10.2. The van der Waals surface area contributed by atoms with Gasteiger partial charge in [-0.15, -0.1) is 0 Å². The molecule has 0 radical (unpaired) electrons. The van der Waals surface area contributed by atoms with E-state index in [-0.39, 0.29) is 0 Å². The van der Waals surface area contributed by atoms with Crippen LogP contribution in [0.5, 0.6) is 0 Å². The first-order chi connectivity index (χ1) is 9.83. The molecule has 4 N–H and O–H groups in total. The summed E-state index contributed by atoms with van der Waals surface area (Å²) in [6, 6.07) is 8.43. The summed E-state index contributed by atoms with van der Waals surface area (Å²) >= 11 is 0. The SMILES string of the molecule is CCCCN=C(NN)Nc1ccc(N2CCCC2)cc1. The van der Waals surface area contributed by atoms with Gasteiger partial charge >= 0.3 is 0 Å². The fourth-order valence-corrected chi connectivity index (χ4v) is 2.34. The maximum atomic E-state index is 5.48. The Labute approximate surface area is 121 Å². The van der Waals surface area contributed by atoms with Crippen LogP contribution in [0.2, 0.25) is 0 Å². The molecule has 1 aromatic carbocycles. The molecule has 0 bridgehead atoms. The van der Waals surface area contributed by atoms with Gasteiger partial charge in [-0.3, -0.25) is 10.4 Å². The number of rotatable bonds is 5. The Morgan fingerprint density at radius 2 is 1.95 bits per heavy atom. The van der Waals surface area contributed by atoms with E-state index in [0.717, 1.165) is 25.1 Å². The molecular weight excluding hydrogens is 250 g/mol. The molecular formula is C15H25N5. The van der Waals surface area contributed by atoms with Crippen molar-refractivity contribution in [2.24, 2.45) is 10.8 Å². The molecule has 1 aromatic rings. The van der Waals surface area contributed by atoms with Crippen molar-refractivity contribution in [1.82, 2.24) is 5.43 Å². The molecule has 20 heavy (non-hydrogen) atoms. The summed E-state index contributed by atoms with van der Waals surface area (Å²) in [6.45, 7) is 5.27. The third-order valence-electron chi connectivity index (χ3n) is 3.52. The minimum atomic E-state index is 0.618. The maximum absolute atomic E-state index is 5.48. The third-order valence-corrected chi connectivity index (χ3v) is 3.52. The zero-order valence-corrected chi connectivity index (χ0v) is 12.2. The van der Waals surface area contributed by atoms with E-state index in [9.17, 15) is 0 Å². The number of nitrogens with two attached hydrogens (primary N) is 1. The van der Waals surface area contributed by atoms with E-state index in [1.807, 2.05) is 0 Å². The number of anilines is 2. The highest BCUT2D eigenvalue weighted by Crippen LogP contribution is 2.21. The summed E-state index contributed by atoms with van der Waals surface area (Å²) < 4.78 is 0. The number of hydrazine groups is 1. The van der Waals surface area contributed by atoms with Gasteiger partial charge in [0.15, 0.2) is 0 Å². The molecule has 2 rings (SSSR count). The van der Waals surface area contributed by atoms with Crippen molar-refractivity contribution in [2.45, 2.75) is 32.6 Å². The van der Waals surface area contributed by atoms with Gasteiger partial charge in [0.05, 0.1) is 0 Å². The molecule has 0 amide bonds. The molecule has 0 unspecified atom stereocenters. The number of aliphatic imine (C=N–C) groups is 1. The summed E-state index contributed by atoms with van der Waals surface area (Å²) in [6.07, 6.45) is 4.79. The van der Waals surface area contributed by atoms with Crippen LogP contribution < -0.4 is 21.5 Å². The number of hydrogen-bond acceptors (Lipinski definition) is 3. The third kappa shape index (κ3) is 4.13. The number of guanidine groups is 1. The molecule has 0 saturated carbocycles. The number of nitrogens with zero attached hydrogens (tertiary/aromatic N) is 2. The van der Waals surface area contributed by atoms with Crippen LogP contribution >= 0.6 is 0 Å². The molecule has 1 saturated heterocycles. The number of hydrogen-bond donors (Lipinski definition) is 3. The fraction of sp³-hybridized carbons (Fsp3) is 0.533. The second-order valence-electron chi connectivity index (χ2n) is 5.09. The topological polar surface area (TPSA) is 65.7 Å². The second-order valence-corrected chi connectivity index (χ2v) is 5.09. The van der Waals surface area contributed by atoms with E-state index < -0.39 is 0 Å². The maximum Gasteiger partial charge on any atom is 0.210 e. The Balaban J connectivity index is 1.93. The molecule has 0 aliphatic carbocycles. The zero-order valence-electron chi connectivity index (χ0n) is 12.2. The van der Waals surface area contributed by atoms with Crippen molar-refractivity contribution < 1.29 is 0 Å². The van der Waals surface area contributed by atoms with Gasteiger partial charge in [-0.05, 0) is 43.5 Å². The molecule has 5 nitrogen and oxygen atoms in total. The van der Waals surface area contributed by atoms with Gasteiger partial charge in [0.1, 0.15) is 0 Å². The lowest BCUT2D eigenvalue weighted by Crippen LogP contribution is -2.36. The van der Waals surface area contributed by atoms with E-state index >= 15 is 0 Å². The van der Waals surface area contributed by atoms with Crippen molar-refractivity contribution in [1.29, 1.82) is 0 Å². The van der Waals surface area contributed by atoms with Gasteiger partial charge in [0.2, 0.25) is 5.96 Å².